The number of rotatable bonds is 7. The molecule has 0 unspecified atom stereocenters. The molecule has 1 N–H and O–H groups in total. The van der Waals surface area contributed by atoms with Crippen molar-refractivity contribution in [1.82, 2.24) is 0 Å². The highest BCUT2D eigenvalue weighted by Crippen LogP contribution is 2.24. The highest BCUT2D eigenvalue weighted by Gasteiger charge is 2.15. The molecule has 0 fully saturated rings. The summed E-state index contributed by atoms with van der Waals surface area (Å²) in [5.41, 5.74) is 0.565. The third-order valence-electron chi connectivity index (χ3n) is 3.24. The third-order valence-corrected chi connectivity index (χ3v) is 4.23. The van der Waals surface area contributed by atoms with Crippen molar-refractivity contribution in [2.45, 2.75) is 11.8 Å². The molecule has 130 valence electrons. The van der Waals surface area contributed by atoms with E-state index >= 15 is 0 Å². The van der Waals surface area contributed by atoms with Gasteiger partial charge in [0.1, 0.15) is 0 Å². The van der Waals surface area contributed by atoms with Crippen LogP contribution in [-0.4, -0.2) is 29.2 Å². The SMILES string of the molecule is Cc1c(NC(=O)COC(=O)CSc2ccccc2)cccc1[N+](=O)[O-]. The summed E-state index contributed by atoms with van der Waals surface area (Å²) in [5.74, 6) is -0.978. The minimum absolute atomic E-state index is 0.0888. The van der Waals surface area contributed by atoms with Crippen LogP contribution >= 0.6 is 11.8 Å². The highest BCUT2D eigenvalue weighted by atomic mass is 32.2. The Morgan fingerprint density at radius 2 is 1.88 bits per heavy atom. The molecule has 0 atom stereocenters. The van der Waals surface area contributed by atoms with E-state index in [-0.39, 0.29) is 11.4 Å². The number of ether oxygens (including phenoxy) is 1. The van der Waals surface area contributed by atoms with E-state index in [2.05, 4.69) is 5.32 Å². The first kappa shape index (κ1) is 18.5. The van der Waals surface area contributed by atoms with Crippen LogP contribution in [0.25, 0.3) is 0 Å². The number of benzene rings is 2. The zero-order valence-corrected chi connectivity index (χ0v) is 14.2. The molecule has 0 heterocycles. The lowest BCUT2D eigenvalue weighted by atomic mass is 10.1. The molecule has 1 amide bonds. The van der Waals surface area contributed by atoms with Crippen LogP contribution in [0.15, 0.2) is 53.4 Å². The number of nitrogens with zero attached hydrogens (tertiary/aromatic N) is 1. The van der Waals surface area contributed by atoms with Crippen LogP contribution in [-0.2, 0) is 14.3 Å². The van der Waals surface area contributed by atoms with E-state index in [1.807, 2.05) is 30.3 Å². The summed E-state index contributed by atoms with van der Waals surface area (Å²) in [6.07, 6.45) is 0. The Bertz CT molecular complexity index is 780. The summed E-state index contributed by atoms with van der Waals surface area (Å²) in [5, 5.41) is 13.4. The molecule has 0 aliphatic heterocycles. The van der Waals surface area contributed by atoms with Crippen LogP contribution < -0.4 is 5.32 Å². The van der Waals surface area contributed by atoms with E-state index in [4.69, 9.17) is 4.74 Å². The Labute approximate surface area is 148 Å². The molecule has 2 aromatic rings. The smallest absolute Gasteiger partial charge is 0.316 e. The zero-order chi connectivity index (χ0) is 18.2. The Kier molecular flexibility index (Phi) is 6.53. The predicted octanol–water partition coefficient (Wildman–Crippen LogP) is 3.18. The van der Waals surface area contributed by atoms with Crippen molar-refractivity contribution in [3.8, 4) is 0 Å². The lowest BCUT2D eigenvalue weighted by Crippen LogP contribution is -2.22. The molecule has 8 heteroatoms. The molecule has 0 aromatic heterocycles. The summed E-state index contributed by atoms with van der Waals surface area (Å²) in [7, 11) is 0. The highest BCUT2D eigenvalue weighted by molar-refractivity contribution is 8.00. The number of nitro groups is 1. The van der Waals surface area contributed by atoms with E-state index in [9.17, 15) is 19.7 Å². The van der Waals surface area contributed by atoms with Gasteiger partial charge in [-0.05, 0) is 25.1 Å². The predicted molar refractivity (Wildman–Crippen MR) is 94.6 cm³/mol. The first-order valence-corrected chi connectivity index (χ1v) is 8.33. The molecule has 0 spiro atoms. The fourth-order valence-corrected chi connectivity index (χ4v) is 2.71. The van der Waals surface area contributed by atoms with Gasteiger partial charge in [0.25, 0.3) is 11.6 Å². The van der Waals surface area contributed by atoms with E-state index in [1.165, 1.54) is 30.8 Å². The number of nitrogens with one attached hydrogen (secondary N) is 1. The van der Waals surface area contributed by atoms with E-state index in [0.29, 0.717) is 11.3 Å². The molecular formula is C17H16N2O5S. The number of esters is 1. The van der Waals surface area contributed by atoms with Crippen molar-refractivity contribution in [2.24, 2.45) is 0 Å². The van der Waals surface area contributed by atoms with Gasteiger partial charge in [-0.25, -0.2) is 0 Å². The van der Waals surface area contributed by atoms with E-state index < -0.39 is 23.4 Å². The summed E-state index contributed by atoms with van der Waals surface area (Å²) in [4.78, 5) is 34.8. The van der Waals surface area contributed by atoms with Crippen molar-refractivity contribution in [3.63, 3.8) is 0 Å². The fourth-order valence-electron chi connectivity index (χ4n) is 1.99. The Hall–Kier alpha value is -2.87. The van der Waals surface area contributed by atoms with Crippen LogP contribution in [0.2, 0.25) is 0 Å². The average molecular weight is 360 g/mol. The van der Waals surface area contributed by atoms with E-state index in [1.54, 1.807) is 6.07 Å². The largest absolute Gasteiger partial charge is 0.455 e. The summed E-state index contributed by atoms with van der Waals surface area (Å²) in [6.45, 7) is 1.09. The summed E-state index contributed by atoms with van der Waals surface area (Å²) < 4.78 is 4.91. The second kappa shape index (κ2) is 8.84. The van der Waals surface area contributed by atoms with Gasteiger partial charge in [0, 0.05) is 11.0 Å². The number of carbonyl (C=O) groups is 2. The third kappa shape index (κ3) is 5.61. The van der Waals surface area contributed by atoms with Gasteiger partial charge in [-0.15, -0.1) is 11.8 Å². The standard InChI is InChI=1S/C17H16N2O5S/c1-12-14(8-5-9-15(12)19(22)23)18-16(20)10-24-17(21)11-25-13-6-3-2-4-7-13/h2-9H,10-11H2,1H3,(H,18,20). The van der Waals surface area contributed by atoms with Crippen molar-refractivity contribution < 1.29 is 19.2 Å². The van der Waals surface area contributed by atoms with Crippen molar-refractivity contribution in [2.75, 3.05) is 17.7 Å². The van der Waals surface area contributed by atoms with Crippen molar-refractivity contribution in [1.29, 1.82) is 0 Å². The molecule has 2 aromatic carbocycles. The number of nitro benzene ring substituents is 1. The van der Waals surface area contributed by atoms with Crippen LogP contribution in [0.5, 0.6) is 0 Å². The normalized spacial score (nSPS) is 10.1. The average Bonchev–Trinajstić information content (AvgIpc) is 2.60. The maximum atomic E-state index is 11.9. The zero-order valence-electron chi connectivity index (χ0n) is 13.4. The number of carbonyl (C=O) groups excluding carboxylic acids is 2. The molecule has 0 aliphatic rings. The van der Waals surface area contributed by atoms with Gasteiger partial charge in [0.2, 0.25) is 0 Å². The number of hydrogen-bond donors (Lipinski definition) is 1. The molecular weight excluding hydrogens is 344 g/mol. The molecule has 2 rings (SSSR count). The van der Waals surface area contributed by atoms with Gasteiger partial charge in [0.15, 0.2) is 6.61 Å². The number of anilines is 1. The molecule has 0 aliphatic carbocycles. The molecule has 25 heavy (non-hydrogen) atoms. The molecule has 0 saturated heterocycles. The molecule has 0 radical (unpaired) electrons. The lowest BCUT2D eigenvalue weighted by molar-refractivity contribution is -0.385. The van der Waals surface area contributed by atoms with Gasteiger partial charge in [0.05, 0.1) is 21.9 Å². The summed E-state index contributed by atoms with van der Waals surface area (Å²) in [6, 6.07) is 13.7. The number of hydrogen-bond acceptors (Lipinski definition) is 6. The van der Waals surface area contributed by atoms with E-state index in [0.717, 1.165) is 4.90 Å². The lowest BCUT2D eigenvalue weighted by Gasteiger charge is -2.09. The van der Waals surface area contributed by atoms with Gasteiger partial charge in [-0.3, -0.25) is 19.7 Å². The monoisotopic (exact) mass is 360 g/mol. The fraction of sp³-hybridized carbons (Fsp3) is 0.176. The van der Waals surface area contributed by atoms with Gasteiger partial charge in [-0.2, -0.15) is 0 Å². The van der Waals surface area contributed by atoms with Crippen molar-refractivity contribution >= 4 is 35.0 Å². The minimum atomic E-state index is -0.554. The van der Waals surface area contributed by atoms with Gasteiger partial charge in [-0.1, -0.05) is 24.3 Å². The first-order chi connectivity index (χ1) is 12.0. The topological polar surface area (TPSA) is 98.5 Å². The summed E-state index contributed by atoms with van der Waals surface area (Å²) >= 11 is 1.31. The Morgan fingerprint density at radius 3 is 2.56 bits per heavy atom. The number of thioether (sulfide) groups is 1. The van der Waals surface area contributed by atoms with Crippen molar-refractivity contribution in [3.05, 3.63) is 64.2 Å². The number of amides is 1. The second-order valence-corrected chi connectivity index (χ2v) is 6.07. The molecule has 0 bridgehead atoms. The first-order valence-electron chi connectivity index (χ1n) is 7.34. The van der Waals surface area contributed by atoms with Gasteiger partial charge >= 0.3 is 5.97 Å². The maximum Gasteiger partial charge on any atom is 0.316 e. The second-order valence-electron chi connectivity index (χ2n) is 5.02. The van der Waals surface area contributed by atoms with Crippen LogP contribution in [0.3, 0.4) is 0 Å². The van der Waals surface area contributed by atoms with Crippen LogP contribution in [0, 0.1) is 17.0 Å². The molecule has 7 nitrogen and oxygen atoms in total. The van der Waals surface area contributed by atoms with Crippen LogP contribution in [0.1, 0.15) is 5.56 Å². The van der Waals surface area contributed by atoms with Crippen LogP contribution in [0.4, 0.5) is 11.4 Å². The minimum Gasteiger partial charge on any atom is -0.455 e. The Morgan fingerprint density at radius 1 is 1.16 bits per heavy atom. The van der Waals surface area contributed by atoms with Gasteiger partial charge < -0.3 is 10.1 Å². The molecule has 0 saturated carbocycles. The Balaban J connectivity index is 1.82. The maximum absolute atomic E-state index is 11.9. The quantitative estimate of drug-likeness (QED) is 0.352.